The van der Waals surface area contributed by atoms with Crippen molar-refractivity contribution in [2.45, 2.75) is 19.6 Å². The van der Waals surface area contributed by atoms with E-state index in [4.69, 9.17) is 4.74 Å². The largest absolute Gasteiger partial charge is 0.489 e. The summed E-state index contributed by atoms with van der Waals surface area (Å²) in [6.07, 6.45) is 3.26. The number of rotatable bonds is 4. The molecule has 0 fully saturated rings. The van der Waals surface area contributed by atoms with Crippen LogP contribution in [-0.2, 0) is 13.7 Å². The van der Waals surface area contributed by atoms with E-state index in [0.717, 1.165) is 16.9 Å². The summed E-state index contributed by atoms with van der Waals surface area (Å²) in [5, 5.41) is 13.4. The van der Waals surface area contributed by atoms with Crippen molar-refractivity contribution in [3.63, 3.8) is 0 Å². The lowest BCUT2D eigenvalue weighted by atomic mass is 10.1. The molecule has 4 nitrogen and oxygen atoms in total. The molecule has 1 aromatic carbocycles. The smallest absolute Gasteiger partial charge is 0.119 e. The number of aryl methyl sites for hydroxylation is 1. The number of benzene rings is 1. The van der Waals surface area contributed by atoms with Crippen LogP contribution < -0.4 is 4.74 Å². The second-order valence-corrected chi connectivity index (χ2v) is 4.06. The molecule has 1 atom stereocenters. The van der Waals surface area contributed by atoms with Crippen molar-refractivity contribution in [2.75, 3.05) is 0 Å². The fourth-order valence-electron chi connectivity index (χ4n) is 1.56. The Morgan fingerprint density at radius 3 is 2.59 bits per heavy atom. The second kappa shape index (κ2) is 5.01. The predicted octanol–water partition coefficient (Wildman–Crippen LogP) is 2.05. The van der Waals surface area contributed by atoms with Crippen molar-refractivity contribution in [2.24, 2.45) is 7.05 Å². The Labute approximate surface area is 100 Å². The molecule has 1 aromatic heterocycles. The number of aliphatic hydroxyl groups excluding tert-OH is 1. The molecular formula is C13H16N2O2. The summed E-state index contributed by atoms with van der Waals surface area (Å²) in [5.74, 6) is 0.790. The zero-order chi connectivity index (χ0) is 12.3. The molecule has 0 aliphatic carbocycles. The molecule has 0 aliphatic rings. The van der Waals surface area contributed by atoms with Crippen LogP contribution in [-0.4, -0.2) is 14.9 Å². The number of ether oxygens (including phenoxy) is 1. The van der Waals surface area contributed by atoms with Crippen LogP contribution in [0.4, 0.5) is 0 Å². The maximum absolute atomic E-state index is 9.37. The van der Waals surface area contributed by atoms with Crippen molar-refractivity contribution in [3.05, 3.63) is 47.8 Å². The van der Waals surface area contributed by atoms with Gasteiger partial charge < -0.3 is 9.84 Å². The van der Waals surface area contributed by atoms with Gasteiger partial charge in [-0.3, -0.25) is 4.68 Å². The van der Waals surface area contributed by atoms with Crippen molar-refractivity contribution >= 4 is 0 Å². The van der Waals surface area contributed by atoms with Gasteiger partial charge in [0.1, 0.15) is 12.4 Å². The average Bonchev–Trinajstić information content (AvgIpc) is 2.73. The molecule has 0 amide bonds. The lowest BCUT2D eigenvalue weighted by Crippen LogP contribution is -1.95. The molecule has 2 rings (SSSR count). The SMILES string of the molecule is C[C@H](O)c1ccc(OCc2cnn(C)c2)cc1. The molecule has 17 heavy (non-hydrogen) atoms. The van der Waals surface area contributed by atoms with Gasteiger partial charge in [-0.15, -0.1) is 0 Å². The first-order valence-corrected chi connectivity index (χ1v) is 5.53. The first-order valence-electron chi connectivity index (χ1n) is 5.53. The van der Waals surface area contributed by atoms with Crippen LogP contribution in [0, 0.1) is 0 Å². The van der Waals surface area contributed by atoms with Crippen LogP contribution in [0.2, 0.25) is 0 Å². The molecule has 0 spiro atoms. The van der Waals surface area contributed by atoms with Crippen LogP contribution in [0.25, 0.3) is 0 Å². The average molecular weight is 232 g/mol. The number of hydrogen-bond acceptors (Lipinski definition) is 3. The third kappa shape index (κ3) is 3.07. The van der Waals surface area contributed by atoms with Crippen LogP contribution >= 0.6 is 0 Å². The normalized spacial score (nSPS) is 12.4. The predicted molar refractivity (Wildman–Crippen MR) is 64.6 cm³/mol. The molecule has 0 bridgehead atoms. The van der Waals surface area contributed by atoms with Gasteiger partial charge in [-0.25, -0.2) is 0 Å². The van der Waals surface area contributed by atoms with E-state index in [2.05, 4.69) is 5.10 Å². The third-order valence-corrected chi connectivity index (χ3v) is 2.53. The monoisotopic (exact) mass is 232 g/mol. The highest BCUT2D eigenvalue weighted by Crippen LogP contribution is 2.18. The minimum absolute atomic E-state index is 0.442. The first kappa shape index (κ1) is 11.7. The molecule has 1 N–H and O–H groups in total. The molecule has 0 saturated carbocycles. The summed E-state index contributed by atoms with van der Waals surface area (Å²) >= 11 is 0. The quantitative estimate of drug-likeness (QED) is 0.877. The lowest BCUT2D eigenvalue weighted by Gasteiger charge is -2.07. The standard InChI is InChI=1S/C13H16N2O2/c1-10(16)12-3-5-13(6-4-12)17-9-11-7-14-15(2)8-11/h3-8,10,16H,9H2,1-2H3/t10-/m0/s1. The fraction of sp³-hybridized carbons (Fsp3) is 0.308. The number of hydrogen-bond donors (Lipinski definition) is 1. The van der Waals surface area contributed by atoms with Crippen molar-refractivity contribution in [1.82, 2.24) is 9.78 Å². The summed E-state index contributed by atoms with van der Waals surface area (Å²) in [6, 6.07) is 7.45. The summed E-state index contributed by atoms with van der Waals surface area (Å²) < 4.78 is 7.35. The maximum atomic E-state index is 9.37. The van der Waals surface area contributed by atoms with Crippen molar-refractivity contribution in [1.29, 1.82) is 0 Å². The summed E-state index contributed by atoms with van der Waals surface area (Å²) in [7, 11) is 1.88. The zero-order valence-corrected chi connectivity index (χ0v) is 10.00. The van der Waals surface area contributed by atoms with E-state index in [0.29, 0.717) is 6.61 Å². The second-order valence-electron chi connectivity index (χ2n) is 4.06. The van der Waals surface area contributed by atoms with E-state index in [1.54, 1.807) is 17.8 Å². The van der Waals surface area contributed by atoms with Gasteiger partial charge in [-0.1, -0.05) is 12.1 Å². The molecule has 0 saturated heterocycles. The Hall–Kier alpha value is -1.81. The minimum Gasteiger partial charge on any atom is -0.489 e. The fourth-order valence-corrected chi connectivity index (χ4v) is 1.56. The third-order valence-electron chi connectivity index (χ3n) is 2.53. The minimum atomic E-state index is -0.442. The Bertz CT molecular complexity index is 474. The molecule has 0 unspecified atom stereocenters. The Kier molecular flexibility index (Phi) is 3.44. The molecule has 90 valence electrons. The summed E-state index contributed by atoms with van der Waals surface area (Å²) in [6.45, 7) is 2.24. The van der Waals surface area contributed by atoms with Gasteiger partial charge in [0.2, 0.25) is 0 Å². The summed E-state index contributed by atoms with van der Waals surface area (Å²) in [5.41, 5.74) is 1.92. The van der Waals surface area contributed by atoms with Gasteiger partial charge in [0.25, 0.3) is 0 Å². The first-order chi connectivity index (χ1) is 8.15. The van der Waals surface area contributed by atoms with Crippen LogP contribution in [0.1, 0.15) is 24.2 Å². The van der Waals surface area contributed by atoms with Crippen molar-refractivity contribution < 1.29 is 9.84 Å². The maximum Gasteiger partial charge on any atom is 0.119 e. The Morgan fingerprint density at radius 1 is 1.35 bits per heavy atom. The molecule has 0 radical (unpaired) electrons. The molecular weight excluding hydrogens is 216 g/mol. The van der Waals surface area contributed by atoms with Gasteiger partial charge in [-0.2, -0.15) is 5.10 Å². The highest BCUT2D eigenvalue weighted by Gasteiger charge is 2.01. The van der Waals surface area contributed by atoms with Gasteiger partial charge in [-0.05, 0) is 24.6 Å². The number of aromatic nitrogens is 2. The van der Waals surface area contributed by atoms with E-state index in [-0.39, 0.29) is 0 Å². The molecule has 1 heterocycles. The van der Waals surface area contributed by atoms with Gasteiger partial charge >= 0.3 is 0 Å². The zero-order valence-electron chi connectivity index (χ0n) is 10.00. The van der Waals surface area contributed by atoms with Gasteiger partial charge in [0, 0.05) is 18.8 Å². The van der Waals surface area contributed by atoms with Gasteiger partial charge in [0.15, 0.2) is 0 Å². The number of aliphatic hydroxyl groups is 1. The molecule has 2 aromatic rings. The molecule has 0 aliphatic heterocycles. The lowest BCUT2D eigenvalue weighted by molar-refractivity contribution is 0.199. The van der Waals surface area contributed by atoms with Crippen molar-refractivity contribution in [3.8, 4) is 5.75 Å². The van der Waals surface area contributed by atoms with Gasteiger partial charge in [0.05, 0.1) is 12.3 Å². The Morgan fingerprint density at radius 2 is 2.06 bits per heavy atom. The highest BCUT2D eigenvalue weighted by atomic mass is 16.5. The van der Waals surface area contributed by atoms with E-state index >= 15 is 0 Å². The Balaban J connectivity index is 1.95. The van der Waals surface area contributed by atoms with Crippen LogP contribution in [0.15, 0.2) is 36.7 Å². The van der Waals surface area contributed by atoms with E-state index in [1.807, 2.05) is 37.5 Å². The van der Waals surface area contributed by atoms with Crippen LogP contribution in [0.5, 0.6) is 5.75 Å². The molecule has 4 heteroatoms. The van der Waals surface area contributed by atoms with E-state index in [9.17, 15) is 5.11 Å². The summed E-state index contributed by atoms with van der Waals surface area (Å²) in [4.78, 5) is 0. The number of nitrogens with zero attached hydrogens (tertiary/aromatic N) is 2. The van der Waals surface area contributed by atoms with E-state index in [1.165, 1.54) is 0 Å². The van der Waals surface area contributed by atoms with E-state index < -0.39 is 6.10 Å². The highest BCUT2D eigenvalue weighted by molar-refractivity contribution is 5.28. The van der Waals surface area contributed by atoms with Crippen LogP contribution in [0.3, 0.4) is 0 Å². The topological polar surface area (TPSA) is 47.3 Å².